The lowest BCUT2D eigenvalue weighted by atomic mass is 9.84. The van der Waals surface area contributed by atoms with Crippen LogP contribution in [0.2, 0.25) is 0 Å². The summed E-state index contributed by atoms with van der Waals surface area (Å²) in [4.78, 5) is 6.63. The van der Waals surface area contributed by atoms with Gasteiger partial charge >= 0.3 is 0 Å². The predicted octanol–water partition coefficient (Wildman–Crippen LogP) is 3.56. The van der Waals surface area contributed by atoms with Crippen LogP contribution in [0.1, 0.15) is 23.7 Å². The Balaban J connectivity index is 1.43. The SMILES string of the molecule is Cc1cc(COc2ccc(C3(C)C=CN(CC(O)CO)C3)cc2)c2ccccc2n1. The molecule has 0 bridgehead atoms. The van der Waals surface area contributed by atoms with Gasteiger partial charge in [0.15, 0.2) is 0 Å². The Kier molecular flexibility index (Phi) is 5.75. The Labute approximate surface area is 177 Å². The molecule has 156 valence electrons. The minimum absolute atomic E-state index is 0.133. The molecule has 0 aliphatic carbocycles. The standard InChI is InChI=1S/C25H28N2O3/c1-18-13-19(23-5-3-4-6-24(23)26-18)16-30-22-9-7-20(8-10-22)25(2)11-12-27(17-25)14-21(29)15-28/h3-13,21,28-29H,14-17H2,1-2H3. The van der Waals surface area contributed by atoms with E-state index in [0.717, 1.165) is 34.5 Å². The van der Waals surface area contributed by atoms with Gasteiger partial charge in [-0.05, 0) is 43.0 Å². The van der Waals surface area contributed by atoms with Crippen molar-refractivity contribution in [2.45, 2.75) is 32.0 Å². The van der Waals surface area contributed by atoms with Crippen LogP contribution in [-0.2, 0) is 12.0 Å². The van der Waals surface area contributed by atoms with E-state index in [0.29, 0.717) is 13.2 Å². The predicted molar refractivity (Wildman–Crippen MR) is 118 cm³/mol. The number of aliphatic hydroxyl groups excluding tert-OH is 2. The second kappa shape index (κ2) is 8.46. The largest absolute Gasteiger partial charge is 0.489 e. The third-order valence-electron chi connectivity index (χ3n) is 5.68. The number of aliphatic hydroxyl groups is 2. The normalized spacial score (nSPS) is 19.4. The average molecular weight is 405 g/mol. The van der Waals surface area contributed by atoms with E-state index in [4.69, 9.17) is 9.84 Å². The molecule has 30 heavy (non-hydrogen) atoms. The minimum Gasteiger partial charge on any atom is -0.489 e. The number of ether oxygens (including phenoxy) is 1. The van der Waals surface area contributed by atoms with Gasteiger partial charge in [-0.1, -0.05) is 43.3 Å². The molecule has 3 aromatic rings. The van der Waals surface area contributed by atoms with Crippen LogP contribution in [-0.4, -0.2) is 45.9 Å². The van der Waals surface area contributed by atoms with Crippen molar-refractivity contribution >= 4 is 10.9 Å². The summed E-state index contributed by atoms with van der Waals surface area (Å²) in [7, 11) is 0. The fraction of sp³-hybridized carbons (Fsp3) is 0.320. The molecule has 0 saturated heterocycles. The number of nitrogens with zero attached hydrogens (tertiary/aromatic N) is 2. The van der Waals surface area contributed by atoms with Gasteiger partial charge in [-0.2, -0.15) is 0 Å². The molecule has 0 amide bonds. The summed E-state index contributed by atoms with van der Waals surface area (Å²) >= 11 is 0. The zero-order valence-corrected chi connectivity index (χ0v) is 17.5. The van der Waals surface area contributed by atoms with Crippen molar-refractivity contribution in [1.29, 1.82) is 0 Å². The van der Waals surface area contributed by atoms with Crippen molar-refractivity contribution in [3.63, 3.8) is 0 Å². The summed E-state index contributed by atoms with van der Waals surface area (Å²) in [6.07, 6.45) is 3.43. The lowest BCUT2D eigenvalue weighted by Crippen LogP contribution is -2.35. The Hall–Kier alpha value is -2.89. The van der Waals surface area contributed by atoms with Gasteiger partial charge in [0.1, 0.15) is 12.4 Å². The van der Waals surface area contributed by atoms with Crippen LogP contribution in [0.5, 0.6) is 5.75 Å². The van der Waals surface area contributed by atoms with E-state index in [1.165, 1.54) is 5.56 Å². The van der Waals surface area contributed by atoms with E-state index < -0.39 is 6.10 Å². The second-order valence-corrected chi connectivity index (χ2v) is 8.25. The minimum atomic E-state index is -0.722. The number of fused-ring (bicyclic) bond motifs is 1. The van der Waals surface area contributed by atoms with Gasteiger partial charge in [-0.15, -0.1) is 0 Å². The first-order valence-corrected chi connectivity index (χ1v) is 10.3. The van der Waals surface area contributed by atoms with Crippen LogP contribution in [0.25, 0.3) is 10.9 Å². The summed E-state index contributed by atoms with van der Waals surface area (Å²) < 4.78 is 6.08. The maximum atomic E-state index is 9.69. The van der Waals surface area contributed by atoms with Gasteiger partial charge in [0.05, 0.1) is 18.2 Å². The molecule has 1 aliphatic heterocycles. The molecular weight excluding hydrogens is 376 g/mol. The van der Waals surface area contributed by atoms with Crippen molar-refractivity contribution in [3.8, 4) is 5.75 Å². The number of aromatic nitrogens is 1. The van der Waals surface area contributed by atoms with Crippen molar-refractivity contribution in [2.75, 3.05) is 19.7 Å². The molecule has 2 heterocycles. The fourth-order valence-corrected chi connectivity index (χ4v) is 4.05. The molecule has 2 unspecified atom stereocenters. The van der Waals surface area contributed by atoms with E-state index in [-0.39, 0.29) is 12.0 Å². The molecule has 1 aliphatic rings. The second-order valence-electron chi connectivity index (χ2n) is 8.25. The lowest BCUT2D eigenvalue weighted by molar-refractivity contribution is 0.0715. The number of β-amino-alcohol motifs (C(OH)–C–C–N with tert-alkyl or cyclic N) is 1. The first-order chi connectivity index (χ1) is 14.5. The van der Waals surface area contributed by atoms with Gasteiger partial charge in [0, 0.05) is 35.1 Å². The van der Waals surface area contributed by atoms with E-state index in [1.807, 2.05) is 48.4 Å². The average Bonchev–Trinajstić information content (AvgIpc) is 3.13. The Morgan fingerprint density at radius 2 is 1.93 bits per heavy atom. The highest BCUT2D eigenvalue weighted by atomic mass is 16.5. The Morgan fingerprint density at radius 3 is 2.70 bits per heavy atom. The maximum absolute atomic E-state index is 9.69. The monoisotopic (exact) mass is 404 g/mol. The molecular formula is C25H28N2O3. The summed E-state index contributed by atoms with van der Waals surface area (Å²) in [5.41, 5.74) is 4.16. The van der Waals surface area contributed by atoms with Crippen LogP contribution in [0.15, 0.2) is 66.9 Å². The molecule has 0 spiro atoms. The van der Waals surface area contributed by atoms with Gasteiger partial charge in [0.25, 0.3) is 0 Å². The van der Waals surface area contributed by atoms with Crippen molar-refractivity contribution in [1.82, 2.24) is 9.88 Å². The molecule has 5 heteroatoms. The Bertz CT molecular complexity index is 1050. The third kappa shape index (κ3) is 4.32. The molecule has 0 radical (unpaired) electrons. The zero-order chi connectivity index (χ0) is 21.1. The molecule has 2 N–H and O–H groups in total. The van der Waals surface area contributed by atoms with Crippen molar-refractivity contribution in [3.05, 3.63) is 83.7 Å². The van der Waals surface area contributed by atoms with Crippen LogP contribution in [0.3, 0.4) is 0 Å². The molecule has 2 aromatic carbocycles. The van der Waals surface area contributed by atoms with Gasteiger partial charge < -0.3 is 19.8 Å². The number of rotatable bonds is 7. The third-order valence-corrected chi connectivity index (χ3v) is 5.68. The van der Waals surface area contributed by atoms with Gasteiger partial charge in [-0.25, -0.2) is 0 Å². The molecule has 0 saturated carbocycles. The summed E-state index contributed by atoms with van der Waals surface area (Å²) in [5, 5.41) is 19.9. The highest BCUT2D eigenvalue weighted by Gasteiger charge is 2.31. The van der Waals surface area contributed by atoms with Crippen LogP contribution in [0, 0.1) is 6.92 Å². The topological polar surface area (TPSA) is 65.8 Å². The number of aryl methyl sites for hydroxylation is 1. The van der Waals surface area contributed by atoms with E-state index in [1.54, 1.807) is 0 Å². The Morgan fingerprint density at radius 1 is 1.17 bits per heavy atom. The van der Waals surface area contributed by atoms with Crippen LogP contribution < -0.4 is 4.74 Å². The molecule has 1 aromatic heterocycles. The van der Waals surface area contributed by atoms with Crippen LogP contribution >= 0.6 is 0 Å². The van der Waals surface area contributed by atoms with E-state index in [2.05, 4.69) is 42.2 Å². The molecule has 0 fully saturated rings. The van der Waals surface area contributed by atoms with Crippen LogP contribution in [0.4, 0.5) is 0 Å². The van der Waals surface area contributed by atoms with Gasteiger partial charge in [-0.3, -0.25) is 4.98 Å². The molecule has 4 rings (SSSR count). The smallest absolute Gasteiger partial charge is 0.119 e. The zero-order valence-electron chi connectivity index (χ0n) is 17.5. The number of para-hydroxylation sites is 1. The molecule has 5 nitrogen and oxygen atoms in total. The van der Waals surface area contributed by atoms with Gasteiger partial charge in [0.2, 0.25) is 0 Å². The van der Waals surface area contributed by atoms with Crippen molar-refractivity contribution in [2.24, 2.45) is 0 Å². The van der Waals surface area contributed by atoms with E-state index >= 15 is 0 Å². The number of hydrogen-bond donors (Lipinski definition) is 2. The number of pyridine rings is 1. The number of hydrogen-bond acceptors (Lipinski definition) is 5. The highest BCUT2D eigenvalue weighted by Crippen LogP contribution is 2.32. The number of benzene rings is 2. The lowest BCUT2D eigenvalue weighted by Gasteiger charge is -2.27. The maximum Gasteiger partial charge on any atom is 0.119 e. The quantitative estimate of drug-likeness (QED) is 0.630. The summed E-state index contributed by atoms with van der Waals surface area (Å²) in [6, 6.07) is 18.4. The molecule has 2 atom stereocenters. The first kappa shape index (κ1) is 20.4. The fourth-order valence-electron chi connectivity index (χ4n) is 4.05. The summed E-state index contributed by atoms with van der Waals surface area (Å²) in [6.45, 7) is 5.65. The summed E-state index contributed by atoms with van der Waals surface area (Å²) in [5.74, 6) is 0.829. The van der Waals surface area contributed by atoms with E-state index in [9.17, 15) is 5.11 Å². The first-order valence-electron chi connectivity index (χ1n) is 10.3. The highest BCUT2D eigenvalue weighted by molar-refractivity contribution is 5.82. The van der Waals surface area contributed by atoms with Crippen molar-refractivity contribution < 1.29 is 14.9 Å².